The van der Waals surface area contributed by atoms with Crippen molar-refractivity contribution in [3.63, 3.8) is 0 Å². The molecule has 2 aromatic rings. The molecule has 0 fully saturated rings. The molecule has 150 valence electrons. The largest absolute Gasteiger partial charge is 0.493 e. The third-order valence-corrected chi connectivity index (χ3v) is 4.04. The number of amides is 1. The molecule has 1 amide bonds. The van der Waals surface area contributed by atoms with Crippen LogP contribution >= 0.6 is 11.6 Å². The Balaban J connectivity index is 1.87. The number of halogens is 1. The first-order valence-electron chi connectivity index (χ1n) is 8.33. The van der Waals surface area contributed by atoms with Gasteiger partial charge in [0, 0.05) is 12.6 Å². The summed E-state index contributed by atoms with van der Waals surface area (Å²) in [6.45, 7) is -0.417. The first kappa shape index (κ1) is 21.3. The second-order valence-corrected chi connectivity index (χ2v) is 5.94. The minimum Gasteiger partial charge on any atom is -0.493 e. The van der Waals surface area contributed by atoms with Gasteiger partial charge in [-0.15, -0.1) is 0 Å². The number of rotatable bonds is 9. The number of aromatic nitrogens is 1. The molecule has 1 heterocycles. The topological polar surface area (TPSA) is 96.0 Å². The molecule has 1 aromatic heterocycles. The highest BCUT2D eigenvalue weighted by atomic mass is 35.5. The van der Waals surface area contributed by atoms with Gasteiger partial charge in [-0.05, 0) is 36.2 Å². The maximum atomic E-state index is 11.9. The average molecular weight is 409 g/mol. The van der Waals surface area contributed by atoms with Crippen molar-refractivity contribution in [3.05, 3.63) is 41.2 Å². The highest BCUT2D eigenvalue weighted by Crippen LogP contribution is 2.38. The van der Waals surface area contributed by atoms with E-state index < -0.39 is 18.5 Å². The van der Waals surface area contributed by atoms with Crippen molar-refractivity contribution in [2.45, 2.75) is 12.8 Å². The summed E-state index contributed by atoms with van der Waals surface area (Å²) in [6.07, 6.45) is 1.96. The number of hydrogen-bond acceptors (Lipinski definition) is 7. The normalized spacial score (nSPS) is 10.1. The number of hydrogen-bond donors (Lipinski definition) is 1. The van der Waals surface area contributed by atoms with Gasteiger partial charge in [-0.3, -0.25) is 9.59 Å². The lowest BCUT2D eigenvalue weighted by Gasteiger charge is -2.14. The zero-order valence-electron chi connectivity index (χ0n) is 15.8. The van der Waals surface area contributed by atoms with E-state index in [2.05, 4.69) is 10.3 Å². The van der Waals surface area contributed by atoms with Gasteiger partial charge in [0.25, 0.3) is 5.91 Å². The summed E-state index contributed by atoms with van der Waals surface area (Å²) >= 11 is 5.86. The summed E-state index contributed by atoms with van der Waals surface area (Å²) in [6, 6.07) is 6.74. The lowest BCUT2D eigenvalue weighted by atomic mass is 10.1. The van der Waals surface area contributed by atoms with E-state index in [1.165, 1.54) is 27.5 Å². The van der Waals surface area contributed by atoms with E-state index in [1.54, 1.807) is 24.3 Å². The Morgan fingerprint density at radius 2 is 1.79 bits per heavy atom. The minimum absolute atomic E-state index is 0.0829. The zero-order chi connectivity index (χ0) is 20.5. The first-order chi connectivity index (χ1) is 13.5. The number of benzene rings is 1. The number of esters is 1. The predicted octanol–water partition coefficient (Wildman–Crippen LogP) is 2.88. The van der Waals surface area contributed by atoms with Crippen LogP contribution in [0.1, 0.15) is 12.0 Å². The molecule has 0 radical (unpaired) electrons. The second-order valence-electron chi connectivity index (χ2n) is 5.58. The van der Waals surface area contributed by atoms with Crippen LogP contribution in [0, 0.1) is 0 Å². The predicted molar refractivity (Wildman–Crippen MR) is 103 cm³/mol. The summed E-state index contributed by atoms with van der Waals surface area (Å²) in [7, 11) is 4.55. The maximum Gasteiger partial charge on any atom is 0.306 e. The van der Waals surface area contributed by atoms with Gasteiger partial charge in [-0.2, -0.15) is 0 Å². The van der Waals surface area contributed by atoms with E-state index in [1.807, 2.05) is 0 Å². The monoisotopic (exact) mass is 408 g/mol. The van der Waals surface area contributed by atoms with Gasteiger partial charge in [0.15, 0.2) is 23.3 Å². The van der Waals surface area contributed by atoms with Crippen LogP contribution in [0.15, 0.2) is 30.5 Å². The van der Waals surface area contributed by atoms with E-state index in [0.29, 0.717) is 29.4 Å². The lowest BCUT2D eigenvalue weighted by molar-refractivity contribution is -0.147. The number of nitrogens with one attached hydrogen (secondary N) is 1. The van der Waals surface area contributed by atoms with Crippen LogP contribution in [0.3, 0.4) is 0 Å². The lowest BCUT2D eigenvalue weighted by Crippen LogP contribution is -2.21. The molecule has 0 aliphatic heterocycles. The van der Waals surface area contributed by atoms with E-state index in [9.17, 15) is 9.59 Å². The Labute approximate surface area is 167 Å². The minimum atomic E-state index is -0.513. The van der Waals surface area contributed by atoms with E-state index in [0.717, 1.165) is 5.56 Å². The van der Waals surface area contributed by atoms with Crippen molar-refractivity contribution in [2.24, 2.45) is 0 Å². The first-order valence-corrected chi connectivity index (χ1v) is 8.71. The van der Waals surface area contributed by atoms with Gasteiger partial charge in [0.05, 0.1) is 27.0 Å². The number of aryl methyl sites for hydroxylation is 1. The third kappa shape index (κ3) is 5.75. The van der Waals surface area contributed by atoms with Crippen molar-refractivity contribution in [1.29, 1.82) is 0 Å². The molecule has 0 atom stereocenters. The molecular weight excluding hydrogens is 388 g/mol. The van der Waals surface area contributed by atoms with Gasteiger partial charge >= 0.3 is 5.97 Å². The van der Waals surface area contributed by atoms with E-state index in [-0.39, 0.29) is 11.6 Å². The van der Waals surface area contributed by atoms with Crippen LogP contribution in [0.25, 0.3) is 0 Å². The fourth-order valence-electron chi connectivity index (χ4n) is 2.41. The summed E-state index contributed by atoms with van der Waals surface area (Å²) in [5.74, 6) is 0.454. The molecule has 8 nitrogen and oxygen atoms in total. The Morgan fingerprint density at radius 3 is 2.36 bits per heavy atom. The molecule has 0 saturated carbocycles. The quantitative estimate of drug-likeness (QED) is 0.503. The standard InChI is InChI=1S/C19H21ClN2O6/c1-25-14-9-12(10-15(26-2)18(14)27-3)6-7-17(24)28-11-16(23)22-13-5-4-8-21-19(13)20/h4-5,8-10H,6-7,11H2,1-3H3,(H,22,23). The Kier molecular flexibility index (Phi) is 7.88. The molecule has 1 aromatic carbocycles. The van der Waals surface area contributed by atoms with Gasteiger partial charge in [0.2, 0.25) is 5.75 Å². The fourth-order valence-corrected chi connectivity index (χ4v) is 2.58. The molecular formula is C19H21ClN2O6. The number of anilines is 1. The maximum absolute atomic E-state index is 11.9. The van der Waals surface area contributed by atoms with Crippen molar-refractivity contribution in [1.82, 2.24) is 4.98 Å². The van der Waals surface area contributed by atoms with Crippen LogP contribution < -0.4 is 19.5 Å². The molecule has 0 spiro atoms. The fraction of sp³-hybridized carbons (Fsp3) is 0.316. The molecule has 9 heteroatoms. The molecule has 1 N–H and O–H groups in total. The summed E-state index contributed by atoms with van der Waals surface area (Å²) in [5, 5.41) is 2.68. The number of pyridine rings is 1. The van der Waals surface area contributed by atoms with Crippen molar-refractivity contribution in [2.75, 3.05) is 33.3 Å². The summed E-state index contributed by atoms with van der Waals surface area (Å²) in [4.78, 5) is 27.6. The van der Waals surface area contributed by atoms with Crippen LogP contribution in [-0.2, 0) is 20.7 Å². The van der Waals surface area contributed by atoms with Gasteiger partial charge in [-0.1, -0.05) is 11.6 Å². The zero-order valence-corrected chi connectivity index (χ0v) is 16.5. The van der Waals surface area contributed by atoms with Crippen LogP contribution in [0.2, 0.25) is 5.15 Å². The number of carbonyl (C=O) groups excluding carboxylic acids is 2. The van der Waals surface area contributed by atoms with Crippen LogP contribution in [0.5, 0.6) is 17.2 Å². The number of carbonyl (C=O) groups is 2. The summed E-state index contributed by atoms with van der Waals surface area (Å²) < 4.78 is 20.8. The average Bonchev–Trinajstić information content (AvgIpc) is 2.71. The van der Waals surface area contributed by atoms with E-state index >= 15 is 0 Å². The number of nitrogens with zero attached hydrogens (tertiary/aromatic N) is 1. The van der Waals surface area contributed by atoms with Crippen LogP contribution in [0.4, 0.5) is 5.69 Å². The SMILES string of the molecule is COc1cc(CCC(=O)OCC(=O)Nc2cccnc2Cl)cc(OC)c1OC. The van der Waals surface area contributed by atoms with Gasteiger partial charge < -0.3 is 24.3 Å². The molecule has 0 bridgehead atoms. The highest BCUT2D eigenvalue weighted by molar-refractivity contribution is 6.32. The van der Waals surface area contributed by atoms with E-state index in [4.69, 9.17) is 30.5 Å². The molecule has 2 rings (SSSR count). The van der Waals surface area contributed by atoms with Gasteiger partial charge in [0.1, 0.15) is 0 Å². The third-order valence-electron chi connectivity index (χ3n) is 3.74. The number of ether oxygens (including phenoxy) is 4. The van der Waals surface area contributed by atoms with Crippen LogP contribution in [-0.4, -0.2) is 44.8 Å². The Hall–Kier alpha value is -3.00. The summed E-state index contributed by atoms with van der Waals surface area (Å²) in [5.41, 5.74) is 1.15. The van der Waals surface area contributed by atoms with Crippen molar-refractivity contribution in [3.8, 4) is 17.2 Å². The molecule has 0 aliphatic rings. The van der Waals surface area contributed by atoms with Crippen molar-refractivity contribution < 1.29 is 28.5 Å². The van der Waals surface area contributed by atoms with Crippen molar-refractivity contribution >= 4 is 29.2 Å². The number of methoxy groups -OCH3 is 3. The smallest absolute Gasteiger partial charge is 0.306 e. The van der Waals surface area contributed by atoms with Gasteiger partial charge in [-0.25, -0.2) is 4.98 Å². The second kappa shape index (κ2) is 10.4. The molecule has 28 heavy (non-hydrogen) atoms. The highest BCUT2D eigenvalue weighted by Gasteiger charge is 2.15. The molecule has 0 aliphatic carbocycles. The Bertz CT molecular complexity index is 818. The Morgan fingerprint density at radius 1 is 1.11 bits per heavy atom. The molecule has 0 unspecified atom stereocenters. The molecule has 0 saturated heterocycles.